The lowest BCUT2D eigenvalue weighted by Crippen LogP contribution is -2.36. The molecule has 1 N–H and O–H groups in total. The highest BCUT2D eigenvalue weighted by atomic mass is 32.1. The van der Waals surface area contributed by atoms with Gasteiger partial charge in [0.1, 0.15) is 5.75 Å². The van der Waals surface area contributed by atoms with E-state index in [-0.39, 0.29) is 12.5 Å². The van der Waals surface area contributed by atoms with Crippen LogP contribution in [0.1, 0.15) is 42.2 Å². The Morgan fingerprint density at radius 3 is 2.96 bits per heavy atom. The van der Waals surface area contributed by atoms with Gasteiger partial charge in [0.15, 0.2) is 11.7 Å². The number of hydrogen-bond acceptors (Lipinski definition) is 5. The molecule has 140 valence electrons. The molecule has 1 aliphatic heterocycles. The van der Waals surface area contributed by atoms with Gasteiger partial charge in [-0.3, -0.25) is 15.0 Å². The third-order valence-corrected chi connectivity index (χ3v) is 5.85. The van der Waals surface area contributed by atoms with Crippen molar-refractivity contribution in [3.8, 4) is 5.75 Å². The van der Waals surface area contributed by atoms with E-state index in [0.29, 0.717) is 16.9 Å². The number of piperidine rings is 1. The van der Waals surface area contributed by atoms with Crippen molar-refractivity contribution in [1.82, 2.24) is 9.88 Å². The minimum atomic E-state index is -0.185. The quantitative estimate of drug-likeness (QED) is 0.826. The first-order chi connectivity index (χ1) is 12.5. The molecule has 2 aromatic rings. The van der Waals surface area contributed by atoms with E-state index in [4.69, 9.17) is 4.74 Å². The van der Waals surface area contributed by atoms with Crippen molar-refractivity contribution in [2.24, 2.45) is 0 Å². The van der Waals surface area contributed by atoms with Crippen LogP contribution in [-0.2, 0) is 11.3 Å². The molecule has 6 heteroatoms. The fraction of sp³-hybridized carbons (Fsp3) is 0.500. The molecule has 2 heterocycles. The number of nitrogens with one attached hydrogen (secondary N) is 1. The maximum Gasteiger partial charge on any atom is 0.264 e. The van der Waals surface area contributed by atoms with Crippen molar-refractivity contribution in [1.29, 1.82) is 0 Å². The number of anilines is 1. The van der Waals surface area contributed by atoms with Crippen LogP contribution in [0.4, 0.5) is 5.13 Å². The Balaban J connectivity index is 1.48. The summed E-state index contributed by atoms with van der Waals surface area (Å²) in [4.78, 5) is 20.1. The summed E-state index contributed by atoms with van der Waals surface area (Å²) in [6.07, 6.45) is 5.72. The molecular formula is C20H27N3O2S. The summed E-state index contributed by atoms with van der Waals surface area (Å²) in [5.41, 5.74) is 2.36. The lowest BCUT2D eigenvalue weighted by Gasteiger charge is -2.32. The smallest absolute Gasteiger partial charge is 0.264 e. The fourth-order valence-electron chi connectivity index (χ4n) is 3.14. The third-order valence-electron chi connectivity index (χ3n) is 4.95. The highest BCUT2D eigenvalue weighted by Gasteiger charge is 2.19. The first kappa shape index (κ1) is 18.9. The topological polar surface area (TPSA) is 54.5 Å². The maximum atomic E-state index is 12.1. The second-order valence-electron chi connectivity index (χ2n) is 7.03. The Hall–Kier alpha value is -1.92. The van der Waals surface area contributed by atoms with Gasteiger partial charge in [0.2, 0.25) is 0 Å². The van der Waals surface area contributed by atoms with Gasteiger partial charge in [-0.05, 0) is 63.4 Å². The zero-order valence-electron chi connectivity index (χ0n) is 15.7. The number of benzene rings is 1. The predicted octanol–water partition coefficient (Wildman–Crippen LogP) is 4.15. The molecule has 3 rings (SSSR count). The lowest BCUT2D eigenvalue weighted by atomic mass is 10.0. The summed E-state index contributed by atoms with van der Waals surface area (Å²) in [5.74, 6) is 0.526. The van der Waals surface area contributed by atoms with E-state index in [1.54, 1.807) is 11.3 Å². The van der Waals surface area contributed by atoms with Crippen molar-refractivity contribution >= 4 is 22.4 Å². The number of carbonyl (C=O) groups is 1. The average molecular weight is 374 g/mol. The maximum absolute atomic E-state index is 12.1. The first-order valence-electron chi connectivity index (χ1n) is 9.20. The van der Waals surface area contributed by atoms with Crippen LogP contribution >= 0.6 is 11.3 Å². The van der Waals surface area contributed by atoms with E-state index in [2.05, 4.69) is 29.0 Å². The van der Waals surface area contributed by atoms with Crippen molar-refractivity contribution in [2.75, 3.05) is 18.5 Å². The number of amides is 1. The molecule has 1 atom stereocenters. The number of nitrogens with zero attached hydrogens (tertiary/aromatic N) is 2. The van der Waals surface area contributed by atoms with E-state index < -0.39 is 0 Å². The number of likely N-dealkylation sites (tertiary alicyclic amines) is 1. The summed E-state index contributed by atoms with van der Waals surface area (Å²) >= 11 is 1.54. The standard InChI is InChI=1S/C20H27N3O2S/c1-14-7-8-17(10-15(14)2)25-13-19(24)22-20-21-11-18(26-20)12-23-9-5-4-6-16(23)3/h7-8,10-11,16H,4-6,9,12-13H2,1-3H3,(H,21,22,24). The molecule has 26 heavy (non-hydrogen) atoms. The molecule has 0 aliphatic carbocycles. The SMILES string of the molecule is Cc1ccc(OCC(=O)Nc2ncc(CN3CCCCC3C)s2)cc1C. The van der Waals surface area contributed by atoms with Crippen LogP contribution in [0.5, 0.6) is 5.75 Å². The molecule has 0 spiro atoms. The molecule has 1 aromatic carbocycles. The normalized spacial score (nSPS) is 17.9. The first-order valence-corrected chi connectivity index (χ1v) is 10.0. The van der Waals surface area contributed by atoms with E-state index >= 15 is 0 Å². The summed E-state index contributed by atoms with van der Waals surface area (Å²) in [6, 6.07) is 6.45. The molecule has 1 saturated heterocycles. The van der Waals surface area contributed by atoms with E-state index in [1.807, 2.05) is 31.3 Å². The summed E-state index contributed by atoms with van der Waals surface area (Å²) in [5, 5.41) is 3.47. The largest absolute Gasteiger partial charge is 0.484 e. The van der Waals surface area contributed by atoms with Gasteiger partial charge in [-0.1, -0.05) is 12.5 Å². The van der Waals surface area contributed by atoms with Crippen LogP contribution in [0.25, 0.3) is 0 Å². The average Bonchev–Trinajstić information content (AvgIpc) is 3.05. The van der Waals surface area contributed by atoms with Gasteiger partial charge in [-0.15, -0.1) is 11.3 Å². The van der Waals surface area contributed by atoms with E-state index in [9.17, 15) is 4.79 Å². The monoisotopic (exact) mass is 373 g/mol. The number of aryl methyl sites for hydroxylation is 2. The van der Waals surface area contributed by atoms with Gasteiger partial charge in [0, 0.05) is 23.7 Å². The molecule has 0 radical (unpaired) electrons. The summed E-state index contributed by atoms with van der Waals surface area (Å²) in [6.45, 7) is 8.41. The van der Waals surface area contributed by atoms with Crippen molar-refractivity contribution in [3.05, 3.63) is 40.4 Å². The Labute approximate surface area is 159 Å². The van der Waals surface area contributed by atoms with E-state index in [1.165, 1.54) is 29.7 Å². The van der Waals surface area contributed by atoms with Crippen LogP contribution < -0.4 is 10.1 Å². The van der Waals surface area contributed by atoms with Gasteiger partial charge in [-0.2, -0.15) is 0 Å². The third kappa shape index (κ3) is 5.05. The molecule has 1 aliphatic rings. The Kier molecular flexibility index (Phi) is 6.27. The molecule has 0 saturated carbocycles. The number of ether oxygens (including phenoxy) is 1. The highest BCUT2D eigenvalue weighted by molar-refractivity contribution is 7.15. The van der Waals surface area contributed by atoms with Crippen molar-refractivity contribution in [2.45, 2.75) is 52.6 Å². The zero-order valence-corrected chi connectivity index (χ0v) is 16.6. The number of aromatic nitrogens is 1. The van der Waals surface area contributed by atoms with Gasteiger partial charge in [0.05, 0.1) is 0 Å². The summed E-state index contributed by atoms with van der Waals surface area (Å²) < 4.78 is 5.57. The molecule has 1 aromatic heterocycles. The van der Waals surface area contributed by atoms with Gasteiger partial charge < -0.3 is 4.74 Å². The van der Waals surface area contributed by atoms with Crippen LogP contribution in [-0.4, -0.2) is 35.0 Å². The Morgan fingerprint density at radius 2 is 2.19 bits per heavy atom. The van der Waals surface area contributed by atoms with E-state index in [0.717, 1.165) is 18.7 Å². The van der Waals surface area contributed by atoms with Gasteiger partial charge in [0.25, 0.3) is 5.91 Å². The molecule has 0 bridgehead atoms. The predicted molar refractivity (Wildman–Crippen MR) is 106 cm³/mol. The molecule has 1 fully saturated rings. The molecule has 1 unspecified atom stereocenters. The fourth-order valence-corrected chi connectivity index (χ4v) is 3.99. The number of hydrogen-bond donors (Lipinski definition) is 1. The van der Waals surface area contributed by atoms with Gasteiger partial charge in [-0.25, -0.2) is 4.98 Å². The number of thiazole rings is 1. The van der Waals surface area contributed by atoms with Crippen LogP contribution in [0.15, 0.2) is 24.4 Å². The lowest BCUT2D eigenvalue weighted by molar-refractivity contribution is -0.118. The minimum absolute atomic E-state index is 0.0133. The number of carbonyl (C=O) groups excluding carboxylic acids is 1. The van der Waals surface area contributed by atoms with Crippen molar-refractivity contribution in [3.63, 3.8) is 0 Å². The van der Waals surface area contributed by atoms with Crippen LogP contribution in [0.3, 0.4) is 0 Å². The Bertz CT molecular complexity index is 759. The minimum Gasteiger partial charge on any atom is -0.484 e. The second-order valence-corrected chi connectivity index (χ2v) is 8.15. The van der Waals surface area contributed by atoms with Gasteiger partial charge >= 0.3 is 0 Å². The molecule has 1 amide bonds. The van der Waals surface area contributed by atoms with Crippen LogP contribution in [0, 0.1) is 13.8 Å². The molecular weight excluding hydrogens is 346 g/mol. The summed E-state index contributed by atoms with van der Waals surface area (Å²) in [7, 11) is 0. The zero-order chi connectivity index (χ0) is 18.5. The van der Waals surface area contributed by atoms with Crippen LogP contribution in [0.2, 0.25) is 0 Å². The second kappa shape index (κ2) is 8.64. The van der Waals surface area contributed by atoms with Crippen molar-refractivity contribution < 1.29 is 9.53 Å². The highest BCUT2D eigenvalue weighted by Crippen LogP contribution is 2.24. The number of rotatable bonds is 6. The Morgan fingerprint density at radius 1 is 1.35 bits per heavy atom. The molecule has 5 nitrogen and oxygen atoms in total.